The van der Waals surface area contributed by atoms with Gasteiger partial charge in [0.05, 0.1) is 17.9 Å². The van der Waals surface area contributed by atoms with Crippen LogP contribution in [0.15, 0.2) is 54.6 Å². The van der Waals surface area contributed by atoms with Crippen LogP contribution in [0.25, 0.3) is 0 Å². The number of nitrogens with one attached hydrogen (secondary N) is 2. The minimum absolute atomic E-state index is 0.0409. The summed E-state index contributed by atoms with van der Waals surface area (Å²) in [6, 6.07) is 16.7. The Labute approximate surface area is 147 Å². The third-order valence-electron chi connectivity index (χ3n) is 4.50. The molecule has 0 aromatic heterocycles. The van der Waals surface area contributed by atoms with Crippen LogP contribution in [-0.2, 0) is 10.2 Å². The number of benzene rings is 2. The Bertz CT molecular complexity index is 755. The molecule has 2 aromatic rings. The van der Waals surface area contributed by atoms with Gasteiger partial charge in [-0.15, -0.1) is 0 Å². The van der Waals surface area contributed by atoms with Crippen LogP contribution in [0.1, 0.15) is 35.7 Å². The zero-order valence-corrected chi connectivity index (χ0v) is 14.2. The molecule has 0 unspecified atom stereocenters. The number of carbonyl (C=O) groups excluding carboxylic acids is 2. The number of esters is 1. The predicted octanol–water partition coefficient (Wildman–Crippen LogP) is 3.72. The van der Waals surface area contributed by atoms with Gasteiger partial charge in [0.1, 0.15) is 0 Å². The first kappa shape index (κ1) is 17.0. The van der Waals surface area contributed by atoms with Crippen molar-refractivity contribution in [3.8, 4) is 0 Å². The van der Waals surface area contributed by atoms with Gasteiger partial charge in [-0.3, -0.25) is 0 Å². The average Bonchev–Trinajstić information content (AvgIpc) is 3.43. The number of ether oxygens (including phenoxy) is 1. The molecule has 0 atom stereocenters. The molecule has 5 heteroatoms. The van der Waals surface area contributed by atoms with E-state index in [2.05, 4.69) is 22.8 Å². The summed E-state index contributed by atoms with van der Waals surface area (Å²) in [5.74, 6) is -0.443. The second kappa shape index (κ2) is 7.38. The van der Waals surface area contributed by atoms with Crippen LogP contribution in [0.2, 0.25) is 0 Å². The lowest BCUT2D eigenvalue weighted by Gasteiger charge is -2.17. The fourth-order valence-electron chi connectivity index (χ4n) is 2.91. The van der Waals surface area contributed by atoms with Crippen molar-refractivity contribution < 1.29 is 14.3 Å². The molecule has 3 rings (SSSR count). The van der Waals surface area contributed by atoms with Gasteiger partial charge < -0.3 is 15.4 Å². The summed E-state index contributed by atoms with van der Waals surface area (Å²) in [4.78, 5) is 24.2. The molecule has 1 fully saturated rings. The number of hydrogen-bond donors (Lipinski definition) is 2. The largest absolute Gasteiger partial charge is 0.462 e. The van der Waals surface area contributed by atoms with Crippen LogP contribution in [0, 0.1) is 0 Å². The van der Waals surface area contributed by atoms with Gasteiger partial charge in [0, 0.05) is 12.0 Å². The molecule has 0 radical (unpaired) electrons. The zero-order valence-electron chi connectivity index (χ0n) is 14.2. The van der Waals surface area contributed by atoms with Gasteiger partial charge in [-0.2, -0.15) is 0 Å². The molecule has 130 valence electrons. The summed E-state index contributed by atoms with van der Waals surface area (Å²) in [6.45, 7) is 2.61. The predicted molar refractivity (Wildman–Crippen MR) is 96.8 cm³/mol. The van der Waals surface area contributed by atoms with Crippen LogP contribution in [0.5, 0.6) is 0 Å². The van der Waals surface area contributed by atoms with Crippen LogP contribution in [-0.4, -0.2) is 25.2 Å². The first-order valence-electron chi connectivity index (χ1n) is 8.51. The van der Waals surface area contributed by atoms with Crippen molar-refractivity contribution in [2.45, 2.75) is 25.2 Å². The van der Waals surface area contributed by atoms with Gasteiger partial charge in [0.2, 0.25) is 0 Å². The minimum atomic E-state index is -0.443. The summed E-state index contributed by atoms with van der Waals surface area (Å²) in [7, 11) is 0. The molecule has 5 nitrogen and oxygen atoms in total. The van der Waals surface area contributed by atoms with E-state index < -0.39 is 5.97 Å². The Balaban J connectivity index is 1.61. The van der Waals surface area contributed by atoms with Crippen molar-refractivity contribution in [1.82, 2.24) is 5.32 Å². The Morgan fingerprint density at radius 2 is 1.72 bits per heavy atom. The number of anilines is 1. The highest BCUT2D eigenvalue weighted by Gasteiger charge is 2.44. The Kier molecular flexibility index (Phi) is 5.03. The number of para-hydroxylation sites is 1. The van der Waals surface area contributed by atoms with E-state index in [1.54, 1.807) is 31.2 Å². The maximum absolute atomic E-state index is 12.3. The topological polar surface area (TPSA) is 67.4 Å². The van der Waals surface area contributed by atoms with E-state index >= 15 is 0 Å². The smallest absolute Gasteiger partial charge is 0.340 e. The van der Waals surface area contributed by atoms with Gasteiger partial charge in [-0.05, 0) is 37.5 Å². The van der Waals surface area contributed by atoms with Gasteiger partial charge in [0.25, 0.3) is 0 Å². The van der Waals surface area contributed by atoms with E-state index in [4.69, 9.17) is 4.74 Å². The summed E-state index contributed by atoms with van der Waals surface area (Å²) in [6.07, 6.45) is 2.13. The SMILES string of the molecule is CCOC(=O)c1ccccc1NC(=O)NCC1(c2ccccc2)CC1. The molecule has 2 aromatic carbocycles. The summed E-state index contributed by atoms with van der Waals surface area (Å²) in [5.41, 5.74) is 2.09. The quantitative estimate of drug-likeness (QED) is 0.789. The second-order valence-corrected chi connectivity index (χ2v) is 6.22. The number of hydrogen-bond acceptors (Lipinski definition) is 3. The molecule has 2 amide bonds. The van der Waals surface area contributed by atoms with Gasteiger partial charge >= 0.3 is 12.0 Å². The summed E-state index contributed by atoms with van der Waals surface area (Å²) < 4.78 is 5.02. The highest BCUT2D eigenvalue weighted by molar-refractivity contribution is 6.00. The van der Waals surface area contributed by atoms with Crippen LogP contribution < -0.4 is 10.6 Å². The average molecular weight is 338 g/mol. The molecule has 2 N–H and O–H groups in total. The lowest BCUT2D eigenvalue weighted by atomic mass is 9.96. The molecule has 0 bridgehead atoms. The lowest BCUT2D eigenvalue weighted by molar-refractivity contribution is 0.0527. The monoisotopic (exact) mass is 338 g/mol. The Morgan fingerprint density at radius 3 is 2.40 bits per heavy atom. The third kappa shape index (κ3) is 3.99. The number of rotatable bonds is 6. The van der Waals surface area contributed by atoms with Crippen molar-refractivity contribution in [2.75, 3.05) is 18.5 Å². The summed E-state index contributed by atoms with van der Waals surface area (Å²) in [5, 5.41) is 5.68. The van der Waals surface area contributed by atoms with Crippen molar-refractivity contribution in [3.05, 3.63) is 65.7 Å². The second-order valence-electron chi connectivity index (χ2n) is 6.22. The van der Waals surface area contributed by atoms with E-state index in [9.17, 15) is 9.59 Å². The molecule has 0 spiro atoms. The molecule has 0 heterocycles. The molecule has 1 aliphatic carbocycles. The standard InChI is InChI=1S/C20H22N2O3/c1-2-25-18(23)16-10-6-7-11-17(16)22-19(24)21-14-20(12-13-20)15-8-4-3-5-9-15/h3-11H,2,12-14H2,1H3,(H2,21,22,24). The molecular formula is C20H22N2O3. The van der Waals surface area contributed by atoms with E-state index in [0.29, 0.717) is 24.4 Å². The molecular weight excluding hydrogens is 316 g/mol. The van der Waals surface area contributed by atoms with Crippen LogP contribution >= 0.6 is 0 Å². The van der Waals surface area contributed by atoms with Crippen LogP contribution in [0.3, 0.4) is 0 Å². The molecule has 1 saturated carbocycles. The summed E-state index contributed by atoms with van der Waals surface area (Å²) >= 11 is 0. The molecule has 1 aliphatic rings. The van der Waals surface area contributed by atoms with E-state index in [1.165, 1.54) is 5.56 Å². The Morgan fingerprint density at radius 1 is 1.04 bits per heavy atom. The molecule has 25 heavy (non-hydrogen) atoms. The highest BCUT2D eigenvalue weighted by Crippen LogP contribution is 2.47. The van der Waals surface area contributed by atoms with E-state index in [0.717, 1.165) is 12.8 Å². The first-order chi connectivity index (χ1) is 12.1. The van der Waals surface area contributed by atoms with Crippen LogP contribution in [0.4, 0.5) is 10.5 Å². The maximum Gasteiger partial charge on any atom is 0.340 e. The first-order valence-corrected chi connectivity index (χ1v) is 8.51. The van der Waals surface area contributed by atoms with E-state index in [1.807, 2.05) is 18.2 Å². The number of urea groups is 1. The molecule has 0 saturated heterocycles. The maximum atomic E-state index is 12.3. The highest BCUT2D eigenvalue weighted by atomic mass is 16.5. The van der Waals surface area contributed by atoms with Crippen molar-refractivity contribution in [2.24, 2.45) is 0 Å². The van der Waals surface area contributed by atoms with Crippen molar-refractivity contribution in [3.63, 3.8) is 0 Å². The zero-order chi connectivity index (χ0) is 17.7. The van der Waals surface area contributed by atoms with Gasteiger partial charge in [-0.1, -0.05) is 42.5 Å². The number of carbonyl (C=O) groups is 2. The van der Waals surface area contributed by atoms with Gasteiger partial charge in [-0.25, -0.2) is 9.59 Å². The van der Waals surface area contributed by atoms with Gasteiger partial charge in [0.15, 0.2) is 0 Å². The minimum Gasteiger partial charge on any atom is -0.462 e. The fourth-order valence-corrected chi connectivity index (χ4v) is 2.91. The lowest BCUT2D eigenvalue weighted by Crippen LogP contribution is -2.35. The third-order valence-corrected chi connectivity index (χ3v) is 4.50. The van der Waals surface area contributed by atoms with Crippen molar-refractivity contribution >= 4 is 17.7 Å². The van der Waals surface area contributed by atoms with E-state index in [-0.39, 0.29) is 11.4 Å². The van der Waals surface area contributed by atoms with Crippen molar-refractivity contribution in [1.29, 1.82) is 0 Å². The molecule has 0 aliphatic heterocycles. The fraction of sp³-hybridized carbons (Fsp3) is 0.300. The Hall–Kier alpha value is -2.82. The number of amides is 2. The normalized spacial score (nSPS) is 14.4.